The summed E-state index contributed by atoms with van der Waals surface area (Å²) in [6.45, 7) is -10.8. The van der Waals surface area contributed by atoms with E-state index in [-0.39, 0.29) is 0 Å². The lowest BCUT2D eigenvalue weighted by Gasteiger charge is -2.47. The smallest absolute Gasteiger partial charge is 0.305 e. The summed E-state index contributed by atoms with van der Waals surface area (Å²) < 4.78 is 1090. The molecule has 1 N–H and O–H groups in total. The van der Waals surface area contributed by atoms with Crippen LogP contribution in [0.25, 0.3) is 0 Å². The molecule has 0 aromatic heterocycles. The lowest BCUT2D eigenvalue weighted by Crippen LogP contribution is -2.80. The third-order valence-corrected chi connectivity index (χ3v) is 14.9. The number of hydrogen-bond donors (Lipinski definition) is 1. The average molecular weight is 1980 g/mol. The van der Waals surface area contributed by atoms with Crippen molar-refractivity contribution in [2.45, 2.75) is 226 Å². The number of nitrogens with one attached hydrogen (secondary N) is 1. The van der Waals surface area contributed by atoms with Crippen molar-refractivity contribution in [1.29, 1.82) is 0 Å². The van der Waals surface area contributed by atoms with E-state index in [1.165, 1.54) is 0 Å². The van der Waals surface area contributed by atoms with Gasteiger partial charge in [0, 0.05) is 0 Å². The van der Waals surface area contributed by atoms with Crippen molar-refractivity contribution in [3.63, 3.8) is 0 Å². The van der Waals surface area contributed by atoms with E-state index in [0.717, 1.165) is 0 Å². The van der Waals surface area contributed by atoms with Crippen molar-refractivity contribution in [2.75, 3.05) is 13.1 Å². The van der Waals surface area contributed by atoms with E-state index >= 15 is 0 Å². The van der Waals surface area contributed by atoms with E-state index in [1.807, 2.05) is 0 Å². The van der Waals surface area contributed by atoms with Crippen LogP contribution >= 0.6 is 0 Å². The molecular weight excluding hydrogens is 1980 g/mol. The fourth-order valence-electron chi connectivity index (χ4n) is 7.33. The summed E-state index contributed by atoms with van der Waals surface area (Å²) in [5, 5.41) is -1.42. The Bertz CT molecular complexity index is 3350. The molecule has 0 amide bonds. The van der Waals surface area contributed by atoms with E-state index in [4.69, 9.17) is 0 Å². The molecule has 0 aromatic carbocycles. The Hall–Kier alpha value is -5.50. The van der Waals surface area contributed by atoms with Gasteiger partial charge in [0.15, 0.2) is 0 Å². The molecule has 0 aliphatic heterocycles. The van der Waals surface area contributed by atoms with Crippen LogP contribution in [0.15, 0.2) is 0 Å². The van der Waals surface area contributed by atoms with Crippen LogP contribution < -0.4 is 5.32 Å². The summed E-state index contributed by atoms with van der Waals surface area (Å²) in [5.41, 5.74) is 0. The molecule has 0 spiro atoms. The van der Waals surface area contributed by atoms with E-state index in [2.05, 4.69) is 0 Å². The summed E-state index contributed by atoms with van der Waals surface area (Å²) in [4.78, 5) is 0. The van der Waals surface area contributed by atoms with Crippen LogP contribution in [-0.4, -0.2) is 239 Å². The molecule has 716 valence electrons. The van der Waals surface area contributed by atoms with Crippen molar-refractivity contribution in [3.8, 4) is 0 Å². The standard InChI is InChI=1S/C40H5F78N/c41-3(42,5(45,46)7(49,50)9(53,54)11(57,58)13(61,62)15(65,66)17(69,70)19(73,74)21(77,78)23(81,82)25(85,86)27(89,90)29(93,94)31(97,98)33(101,102)35(105,106)37(109,110)39(113,114)115)1-119-2-4(43,44)6(47,48)8(51,52)10(55,56)12(59,60)14(63,64)16(67,68)18(71,72)20(75,76)22(79,80)24(83,84)26(87,88)28(91,92)30(95,96)32(99,100)34(103,104)36(107,108)38(111,112)40(116,117)118/h119H,1-2H2. The van der Waals surface area contributed by atoms with Gasteiger partial charge in [-0.1, -0.05) is 0 Å². The molecule has 0 bridgehead atoms. The monoisotopic (exact) mass is 1980 g/mol. The Balaban J connectivity index is 8.01. The van der Waals surface area contributed by atoms with Gasteiger partial charge in [-0.3, -0.25) is 0 Å². The van der Waals surface area contributed by atoms with E-state index < -0.39 is 244 Å². The van der Waals surface area contributed by atoms with Gasteiger partial charge in [0.1, 0.15) is 0 Å². The first-order chi connectivity index (χ1) is 49.7. The second-order valence-electron chi connectivity index (χ2n) is 22.5. The number of halogens is 78. The lowest BCUT2D eigenvalue weighted by molar-refractivity contribution is -0.494. The highest BCUT2D eigenvalue weighted by Crippen LogP contribution is 2.75. The highest BCUT2D eigenvalue weighted by molar-refractivity contribution is 5.27. The van der Waals surface area contributed by atoms with Gasteiger partial charge >= 0.3 is 226 Å². The second kappa shape index (κ2) is 27.5. The first-order valence-corrected chi connectivity index (χ1v) is 25.2. The van der Waals surface area contributed by atoms with Crippen molar-refractivity contribution >= 4 is 0 Å². The zero-order valence-electron chi connectivity index (χ0n) is 50.4. The van der Waals surface area contributed by atoms with Crippen molar-refractivity contribution < 1.29 is 342 Å². The molecule has 0 unspecified atom stereocenters. The molecule has 0 atom stereocenters. The number of rotatable bonds is 38. The first kappa shape index (κ1) is 114. The van der Waals surface area contributed by atoms with Crippen LogP contribution in [0.3, 0.4) is 0 Å². The summed E-state index contributed by atoms with van der Waals surface area (Å²) >= 11 is 0. The highest BCUT2D eigenvalue weighted by atomic mass is 19.5. The van der Waals surface area contributed by atoms with Gasteiger partial charge in [0.2, 0.25) is 0 Å². The van der Waals surface area contributed by atoms with Gasteiger partial charge < -0.3 is 5.32 Å². The molecule has 0 aromatic rings. The fourth-order valence-corrected chi connectivity index (χ4v) is 7.33. The minimum atomic E-state index is -11.1. The molecule has 0 heterocycles. The molecule has 1 nitrogen and oxygen atoms in total. The molecule has 0 aliphatic rings. The van der Waals surface area contributed by atoms with Gasteiger partial charge in [0.25, 0.3) is 0 Å². The van der Waals surface area contributed by atoms with Crippen LogP contribution in [0.4, 0.5) is 342 Å². The predicted molar refractivity (Wildman–Crippen MR) is 203 cm³/mol. The largest absolute Gasteiger partial charge is 0.460 e. The molecule has 0 rings (SSSR count). The number of hydrogen-bond acceptors (Lipinski definition) is 1. The quantitative estimate of drug-likeness (QED) is 0.0608. The maximum absolute atomic E-state index is 14.4. The summed E-state index contributed by atoms with van der Waals surface area (Å²) in [5.74, 6) is -379. The topological polar surface area (TPSA) is 12.0 Å². The van der Waals surface area contributed by atoms with Crippen LogP contribution in [0.2, 0.25) is 0 Å². The molecule has 79 heteroatoms. The fraction of sp³-hybridized carbons (Fsp3) is 1.00. The van der Waals surface area contributed by atoms with Crippen LogP contribution in [0, 0.1) is 0 Å². The molecule has 119 heavy (non-hydrogen) atoms. The van der Waals surface area contributed by atoms with E-state index in [9.17, 15) is 342 Å². The van der Waals surface area contributed by atoms with Crippen molar-refractivity contribution in [3.05, 3.63) is 0 Å². The van der Waals surface area contributed by atoms with Gasteiger partial charge in [-0.2, -0.15) is 342 Å². The normalized spacial score (nSPS) is 17.6. The minimum Gasteiger partial charge on any atom is -0.305 e. The Morgan fingerprint density at radius 1 is 0.0840 bits per heavy atom. The highest BCUT2D eigenvalue weighted by Gasteiger charge is 3.07. The Labute approximate surface area is 587 Å². The Kier molecular flexibility index (Phi) is 26.2. The zero-order valence-corrected chi connectivity index (χ0v) is 50.4. The molecule has 0 aliphatic carbocycles. The molecule has 0 saturated carbocycles. The van der Waals surface area contributed by atoms with Crippen LogP contribution in [0.1, 0.15) is 0 Å². The number of alkyl halides is 78. The van der Waals surface area contributed by atoms with E-state index in [0.29, 0.717) is 0 Å². The summed E-state index contributed by atoms with van der Waals surface area (Å²) in [6.07, 6.45) is -17.5. The van der Waals surface area contributed by atoms with Gasteiger partial charge in [0.05, 0.1) is 13.1 Å². The minimum absolute atomic E-state index is 1.42. The van der Waals surface area contributed by atoms with Crippen molar-refractivity contribution in [1.82, 2.24) is 5.32 Å². The van der Waals surface area contributed by atoms with Gasteiger partial charge in [-0.25, -0.2) is 0 Å². The van der Waals surface area contributed by atoms with E-state index in [1.54, 1.807) is 0 Å². The van der Waals surface area contributed by atoms with Crippen molar-refractivity contribution in [2.24, 2.45) is 0 Å². The third-order valence-electron chi connectivity index (χ3n) is 14.9. The molecular formula is C40H5F78N. The second-order valence-corrected chi connectivity index (χ2v) is 22.5. The molecule has 0 radical (unpaired) electrons. The SMILES string of the molecule is FC(F)(F)C(F)(F)C(F)(F)C(F)(F)C(F)(F)C(F)(F)C(F)(F)C(F)(F)C(F)(F)C(F)(F)C(F)(F)C(F)(F)C(F)(F)C(F)(F)C(F)(F)C(F)(F)C(F)(F)C(F)(F)C(F)(F)CNCC(F)(F)C(F)(F)C(F)(F)C(F)(F)C(F)(F)C(F)(F)C(F)(F)C(F)(F)C(F)(F)C(F)(F)C(F)(F)C(F)(F)C(F)(F)C(F)(F)C(F)(F)C(F)(F)C(F)(F)C(F)(F)C(F)(F)F. The predicted octanol–water partition coefficient (Wildman–Crippen LogP) is 24.6. The van der Waals surface area contributed by atoms with Gasteiger partial charge in [-0.15, -0.1) is 0 Å². The van der Waals surface area contributed by atoms with Crippen LogP contribution in [0.5, 0.6) is 0 Å². The maximum Gasteiger partial charge on any atom is 0.460 e. The van der Waals surface area contributed by atoms with Gasteiger partial charge in [-0.05, 0) is 0 Å². The molecule has 0 fully saturated rings. The first-order valence-electron chi connectivity index (χ1n) is 25.2. The Morgan fingerprint density at radius 3 is 0.210 bits per heavy atom. The lowest BCUT2D eigenvalue weighted by atomic mass is 9.82. The average Bonchev–Trinajstić information content (AvgIpc) is 0.676. The summed E-state index contributed by atoms with van der Waals surface area (Å²) in [7, 11) is 0. The maximum atomic E-state index is 14.4. The summed E-state index contributed by atoms with van der Waals surface area (Å²) in [6, 6.07) is 0. The molecule has 0 saturated heterocycles. The zero-order chi connectivity index (χ0) is 99.1. The third kappa shape index (κ3) is 12.9. The van der Waals surface area contributed by atoms with Crippen LogP contribution in [-0.2, 0) is 0 Å². The Morgan fingerprint density at radius 2 is 0.143 bits per heavy atom.